The van der Waals surface area contributed by atoms with E-state index < -0.39 is 63.4 Å². The number of imidazole rings is 1. The molecule has 35 heavy (non-hydrogen) atoms. The first-order valence-electron chi connectivity index (χ1n) is 8.51. The number of aliphatic hydroxyl groups is 2. The van der Waals surface area contributed by atoms with Gasteiger partial charge < -0.3 is 58.9 Å². The van der Waals surface area contributed by atoms with Gasteiger partial charge >= 0.3 is 75.4 Å². The number of hydrogen-bond acceptors (Lipinski definition) is 15. The van der Waals surface area contributed by atoms with Crippen molar-refractivity contribution in [3.8, 4) is 0 Å². The molecule has 1 saturated heterocycles. The summed E-state index contributed by atoms with van der Waals surface area (Å²) in [5, 5.41) is 44.5. The molecule has 2 aromatic rings. The van der Waals surface area contributed by atoms with Crippen molar-refractivity contribution < 1.29 is 129 Å². The molecular weight excluding hydrogens is 473 g/mol. The number of carboxylic acids is 2. The smallest absolute Gasteiger partial charge is 0.790 e. The van der Waals surface area contributed by atoms with Crippen LogP contribution in [-0.4, -0.2) is 72.6 Å². The molecule has 0 radical (unpaired) electrons. The van der Waals surface area contributed by atoms with Gasteiger partial charge in [-0.05, 0) is 0 Å². The molecule has 1 aliphatic heterocycles. The summed E-state index contributed by atoms with van der Waals surface area (Å²) < 4.78 is 21.2. The van der Waals surface area contributed by atoms with Crippen LogP contribution in [0.1, 0.15) is 12.6 Å². The molecule has 3 N–H and O–H groups in total. The summed E-state index contributed by atoms with van der Waals surface area (Å²) in [4.78, 5) is 54.8. The van der Waals surface area contributed by atoms with Gasteiger partial charge in [-0.3, -0.25) is 4.57 Å². The van der Waals surface area contributed by atoms with Gasteiger partial charge in [0.1, 0.15) is 24.6 Å². The summed E-state index contributed by atoms with van der Waals surface area (Å²) in [6.07, 6.45) is -4.78. The fourth-order valence-corrected chi connectivity index (χ4v) is 3.26. The first-order chi connectivity index (χ1) is 14.5. The summed E-state index contributed by atoms with van der Waals surface area (Å²) >= 11 is 0. The van der Waals surface area contributed by atoms with Crippen LogP contribution in [0.3, 0.4) is 0 Å². The fraction of sp³-hybridized carbons (Fsp3) is 0.500. The Morgan fingerprint density at radius 2 is 1.77 bits per heavy atom. The van der Waals surface area contributed by atoms with E-state index in [4.69, 9.17) is 4.74 Å². The van der Waals surface area contributed by atoms with Gasteiger partial charge in [0.2, 0.25) is 0 Å². The van der Waals surface area contributed by atoms with Gasteiger partial charge in [-0.2, -0.15) is 0 Å². The zero-order chi connectivity index (χ0) is 22.9. The monoisotopic (exact) mass is 487 g/mol. The van der Waals surface area contributed by atoms with E-state index in [1.54, 1.807) is 0 Å². The van der Waals surface area contributed by atoms with Gasteiger partial charge in [0, 0.05) is 12.4 Å². The second kappa shape index (κ2) is 15.2. The van der Waals surface area contributed by atoms with Gasteiger partial charge in [0.25, 0.3) is 0 Å². The molecule has 0 amide bonds. The maximum absolute atomic E-state index is 11.1. The molecule has 0 aliphatic carbocycles. The Labute approximate surface area is 245 Å². The van der Waals surface area contributed by atoms with E-state index in [0.717, 1.165) is 17.2 Å². The molecule has 0 spiro atoms. The third kappa shape index (κ3) is 9.17. The number of fused-ring (bicyclic) bond motifs is 1. The van der Waals surface area contributed by atoms with E-state index in [2.05, 4.69) is 24.8 Å². The van der Waals surface area contributed by atoms with Crippen molar-refractivity contribution in [1.29, 1.82) is 0 Å². The minimum atomic E-state index is -5.34. The number of carbonyl (C=O) groups is 2. The number of aliphatic hydroxyl groups excluding tert-OH is 2. The standard InChI is InChI=1S/C14H18N5O11P.4Li/c20-7(21)1-5(14(24)25)18-11-8-12(16-3-15-11)19(4-17-8)13-10(23)9(22)6(30-13)2-29-31(26,27)28;;;;/h3-6,9-10,13,22-23H,1-2H2,(H,20,21)(H,24,25)(H,15,16,18)(H2,26,27,28);;;;/q;4*+1/p-4/t5?,6-,9-,10-,13-;;;;/m1..../s1. The minimum absolute atomic E-state index is 0. The third-order valence-corrected chi connectivity index (χ3v) is 4.80. The Balaban J connectivity index is 0. The summed E-state index contributed by atoms with van der Waals surface area (Å²) in [5.74, 6) is -3.56. The number of hydrogen-bond donors (Lipinski definition) is 3. The molecular formula is C14H14Li4N5O11P. The maximum atomic E-state index is 11.1. The number of aliphatic carboxylic acids is 2. The normalized spacial score (nSPS) is 22.1. The van der Waals surface area contributed by atoms with Crippen molar-refractivity contribution in [2.45, 2.75) is 37.0 Å². The average molecular weight is 487 g/mol. The molecule has 3 heterocycles. The summed E-state index contributed by atoms with van der Waals surface area (Å²) in [6.45, 7) is -0.843. The number of rotatable bonds is 9. The topological polar surface area (TPSA) is 258 Å². The van der Waals surface area contributed by atoms with E-state index >= 15 is 0 Å². The van der Waals surface area contributed by atoms with Crippen LogP contribution in [0.5, 0.6) is 0 Å². The first-order valence-corrected chi connectivity index (χ1v) is 9.97. The molecule has 0 aromatic carbocycles. The second-order valence-corrected chi connectivity index (χ2v) is 7.58. The molecule has 1 unspecified atom stereocenters. The molecule has 0 saturated carbocycles. The molecule has 3 rings (SSSR count). The zero-order valence-electron chi connectivity index (χ0n) is 19.3. The number of phosphoric ester groups is 1. The number of ether oxygens (including phenoxy) is 1. The van der Waals surface area contributed by atoms with Gasteiger partial charge in [-0.1, -0.05) is 0 Å². The predicted molar refractivity (Wildman–Crippen MR) is 86.8 cm³/mol. The van der Waals surface area contributed by atoms with Crippen molar-refractivity contribution in [1.82, 2.24) is 19.5 Å². The van der Waals surface area contributed by atoms with E-state index in [1.165, 1.54) is 0 Å². The largest absolute Gasteiger partial charge is 1.00 e. The maximum Gasteiger partial charge on any atom is 1.00 e. The zero-order valence-corrected chi connectivity index (χ0v) is 20.2. The molecule has 170 valence electrons. The Hall–Kier alpha value is -0.330. The van der Waals surface area contributed by atoms with Crippen LogP contribution in [0.15, 0.2) is 12.7 Å². The van der Waals surface area contributed by atoms with Gasteiger partial charge in [-0.25, -0.2) is 15.0 Å². The van der Waals surface area contributed by atoms with E-state index in [0.29, 0.717) is 0 Å². The van der Waals surface area contributed by atoms with Crippen molar-refractivity contribution in [2.24, 2.45) is 0 Å². The predicted octanol–water partition coefficient (Wildman–Crippen LogP) is -18.0. The van der Waals surface area contributed by atoms with E-state index in [9.17, 15) is 44.4 Å². The van der Waals surface area contributed by atoms with Gasteiger partial charge in [0.05, 0.1) is 32.8 Å². The van der Waals surface area contributed by atoms with Crippen LogP contribution in [0.4, 0.5) is 5.82 Å². The summed E-state index contributed by atoms with van der Waals surface area (Å²) in [5.41, 5.74) is -0.0557. The molecule has 1 aliphatic rings. The van der Waals surface area contributed by atoms with Crippen LogP contribution in [-0.2, 0) is 23.4 Å². The SMILES string of the molecule is O=C([O-])CC(Nc1ncnc2c1ncn2[C@@H]1O[C@H](COP(=O)([O-])[O-])[C@@H](O)[C@H]1O)C(=O)[O-].[Li+].[Li+].[Li+].[Li+]. The van der Waals surface area contributed by atoms with Crippen LogP contribution < -0.4 is 101 Å². The molecule has 21 heteroatoms. The average Bonchev–Trinajstić information content (AvgIpc) is 3.21. The van der Waals surface area contributed by atoms with Crippen LogP contribution in [0, 0.1) is 0 Å². The Morgan fingerprint density at radius 3 is 2.31 bits per heavy atom. The van der Waals surface area contributed by atoms with Crippen molar-refractivity contribution in [3.05, 3.63) is 12.7 Å². The summed E-state index contributed by atoms with van der Waals surface area (Å²) in [6, 6.07) is -1.69. The van der Waals surface area contributed by atoms with Crippen molar-refractivity contribution >= 4 is 36.7 Å². The van der Waals surface area contributed by atoms with Gasteiger partial charge in [0.15, 0.2) is 23.2 Å². The Kier molecular flexibility index (Phi) is 16.0. The fourth-order valence-electron chi connectivity index (χ4n) is 2.93. The van der Waals surface area contributed by atoms with Gasteiger partial charge in [-0.15, -0.1) is 0 Å². The first kappa shape index (κ1) is 36.8. The number of nitrogens with zero attached hydrogens (tertiary/aromatic N) is 4. The van der Waals surface area contributed by atoms with E-state index in [-0.39, 0.29) is 92.4 Å². The quantitative estimate of drug-likeness (QED) is 0.219. The van der Waals surface area contributed by atoms with E-state index in [1.807, 2.05) is 0 Å². The number of nitrogens with one attached hydrogen (secondary N) is 1. The second-order valence-electron chi connectivity index (χ2n) is 6.43. The Morgan fingerprint density at radius 1 is 1.14 bits per heavy atom. The van der Waals surface area contributed by atoms with Crippen molar-refractivity contribution in [2.75, 3.05) is 11.9 Å². The number of aromatic nitrogens is 4. The number of carbonyl (C=O) groups excluding carboxylic acids is 2. The van der Waals surface area contributed by atoms with Crippen LogP contribution >= 0.6 is 7.82 Å². The van der Waals surface area contributed by atoms with Crippen molar-refractivity contribution in [3.63, 3.8) is 0 Å². The molecule has 0 bridgehead atoms. The molecule has 1 fully saturated rings. The van der Waals surface area contributed by atoms with Crippen LogP contribution in [0.25, 0.3) is 11.2 Å². The number of anilines is 1. The third-order valence-electron chi connectivity index (χ3n) is 4.33. The molecule has 2 aromatic heterocycles. The Bertz CT molecular complexity index is 1040. The molecule has 5 atom stereocenters. The van der Waals surface area contributed by atoms with Crippen LogP contribution in [0.2, 0.25) is 0 Å². The number of carboxylic acid groups (broad SMARTS) is 2. The molecule has 16 nitrogen and oxygen atoms in total. The number of phosphoric acid groups is 1. The summed E-state index contributed by atoms with van der Waals surface area (Å²) in [7, 11) is -5.34. The minimum Gasteiger partial charge on any atom is -0.790 e.